The van der Waals surface area contributed by atoms with Crippen molar-refractivity contribution in [1.82, 2.24) is 15.1 Å². The van der Waals surface area contributed by atoms with Crippen LogP contribution in [0.3, 0.4) is 0 Å². The van der Waals surface area contributed by atoms with Gasteiger partial charge >= 0.3 is 0 Å². The molecule has 2 heterocycles. The van der Waals surface area contributed by atoms with Crippen LogP contribution in [-0.2, 0) is 4.79 Å². The number of rotatable bonds is 4. The summed E-state index contributed by atoms with van der Waals surface area (Å²) in [5.74, 6) is 2.24. The number of nitrogens with one attached hydrogen (secondary N) is 1. The van der Waals surface area contributed by atoms with E-state index in [0.29, 0.717) is 0 Å². The number of carbonyl (C=O) groups is 1. The number of hydrogen-bond donors (Lipinski definition) is 1. The van der Waals surface area contributed by atoms with Gasteiger partial charge in [0.25, 0.3) is 5.56 Å². The van der Waals surface area contributed by atoms with Gasteiger partial charge in [0.15, 0.2) is 0 Å². The predicted molar refractivity (Wildman–Crippen MR) is 106 cm³/mol. The fourth-order valence-electron chi connectivity index (χ4n) is 6.00. The van der Waals surface area contributed by atoms with E-state index in [0.717, 1.165) is 47.6 Å². The van der Waals surface area contributed by atoms with Crippen molar-refractivity contribution in [3.63, 3.8) is 0 Å². The minimum atomic E-state index is -0.606. The number of thiophene rings is 1. The zero-order valence-corrected chi connectivity index (χ0v) is 16.4. The summed E-state index contributed by atoms with van der Waals surface area (Å²) >= 11 is 1.58. The van der Waals surface area contributed by atoms with E-state index in [-0.39, 0.29) is 17.0 Å². The number of aromatic nitrogens is 2. The molecule has 27 heavy (non-hydrogen) atoms. The van der Waals surface area contributed by atoms with Crippen LogP contribution in [0.5, 0.6) is 0 Å². The van der Waals surface area contributed by atoms with Crippen LogP contribution in [0, 0.1) is 17.8 Å². The molecule has 0 aromatic carbocycles. The Hall–Kier alpha value is -1.95. The van der Waals surface area contributed by atoms with Crippen LogP contribution in [0.15, 0.2) is 34.4 Å². The van der Waals surface area contributed by atoms with Crippen LogP contribution < -0.4 is 10.9 Å². The molecule has 4 aliphatic carbocycles. The Labute approximate surface area is 162 Å². The SMILES string of the molecule is CC(C(=O)NC12CC3CC(CC(C3)C1)C2)n1nc(-c2cccs2)ccc1=O. The number of nitrogens with zero attached hydrogens (tertiary/aromatic N) is 2. The van der Waals surface area contributed by atoms with Crippen LogP contribution >= 0.6 is 11.3 Å². The third-order valence-electron chi connectivity index (χ3n) is 6.77. The van der Waals surface area contributed by atoms with Crippen molar-refractivity contribution in [3.05, 3.63) is 40.0 Å². The van der Waals surface area contributed by atoms with Crippen molar-refractivity contribution < 1.29 is 4.79 Å². The molecule has 2 aromatic heterocycles. The maximum atomic E-state index is 13.1. The topological polar surface area (TPSA) is 64.0 Å². The van der Waals surface area contributed by atoms with E-state index in [4.69, 9.17) is 0 Å². The minimum absolute atomic E-state index is 0.0466. The highest BCUT2D eigenvalue weighted by atomic mass is 32.1. The molecule has 4 saturated carbocycles. The summed E-state index contributed by atoms with van der Waals surface area (Å²) in [7, 11) is 0. The summed E-state index contributed by atoms with van der Waals surface area (Å²) in [5.41, 5.74) is 0.456. The molecule has 1 unspecified atom stereocenters. The van der Waals surface area contributed by atoms with Gasteiger partial charge < -0.3 is 5.32 Å². The summed E-state index contributed by atoms with van der Waals surface area (Å²) in [4.78, 5) is 26.4. The molecule has 6 heteroatoms. The molecule has 1 amide bonds. The maximum absolute atomic E-state index is 13.1. The Balaban J connectivity index is 1.38. The largest absolute Gasteiger partial charge is 0.349 e. The highest BCUT2D eigenvalue weighted by molar-refractivity contribution is 7.13. The minimum Gasteiger partial charge on any atom is -0.349 e. The molecule has 4 bridgehead atoms. The molecule has 2 aromatic rings. The summed E-state index contributed by atoms with van der Waals surface area (Å²) < 4.78 is 1.34. The molecule has 0 spiro atoms. The highest BCUT2D eigenvalue weighted by Gasteiger charge is 2.51. The van der Waals surface area contributed by atoms with E-state index in [1.165, 1.54) is 30.0 Å². The summed E-state index contributed by atoms with van der Waals surface area (Å²) in [6.07, 6.45) is 7.34. The van der Waals surface area contributed by atoms with Gasteiger partial charge in [0.1, 0.15) is 11.7 Å². The Bertz CT molecular complexity index is 882. The first-order valence-electron chi connectivity index (χ1n) is 9.97. The average molecular weight is 384 g/mol. The third kappa shape index (κ3) is 3.04. The van der Waals surface area contributed by atoms with E-state index >= 15 is 0 Å². The second kappa shape index (κ2) is 6.30. The normalized spacial score (nSPS) is 32.4. The van der Waals surface area contributed by atoms with Crippen molar-refractivity contribution in [3.8, 4) is 10.6 Å². The van der Waals surface area contributed by atoms with E-state index in [1.807, 2.05) is 17.5 Å². The second-order valence-corrected chi connectivity index (χ2v) is 9.79. The van der Waals surface area contributed by atoms with E-state index in [1.54, 1.807) is 24.3 Å². The van der Waals surface area contributed by atoms with Crippen LogP contribution in [-0.4, -0.2) is 21.2 Å². The van der Waals surface area contributed by atoms with Crippen molar-refractivity contribution >= 4 is 17.2 Å². The fourth-order valence-corrected chi connectivity index (χ4v) is 6.69. The Morgan fingerprint density at radius 3 is 2.44 bits per heavy atom. The summed E-state index contributed by atoms with van der Waals surface area (Å²) in [6, 6.07) is 6.57. The van der Waals surface area contributed by atoms with Gasteiger partial charge in [-0.1, -0.05) is 6.07 Å². The third-order valence-corrected chi connectivity index (χ3v) is 7.66. The molecule has 142 valence electrons. The first-order chi connectivity index (χ1) is 13.0. The Morgan fingerprint density at radius 1 is 1.19 bits per heavy atom. The van der Waals surface area contributed by atoms with Crippen LogP contribution in [0.2, 0.25) is 0 Å². The summed E-state index contributed by atoms with van der Waals surface area (Å²) in [6.45, 7) is 1.78. The van der Waals surface area contributed by atoms with Crippen molar-refractivity contribution in [1.29, 1.82) is 0 Å². The second-order valence-electron chi connectivity index (χ2n) is 8.84. The zero-order chi connectivity index (χ0) is 18.6. The quantitative estimate of drug-likeness (QED) is 0.877. The van der Waals surface area contributed by atoms with Crippen LogP contribution in [0.1, 0.15) is 51.5 Å². The lowest BCUT2D eigenvalue weighted by molar-refractivity contribution is -0.130. The lowest BCUT2D eigenvalue weighted by Crippen LogP contribution is -2.60. The fraction of sp³-hybridized carbons (Fsp3) is 0.571. The first kappa shape index (κ1) is 17.2. The van der Waals surface area contributed by atoms with Gasteiger partial charge in [0.2, 0.25) is 5.91 Å². The highest BCUT2D eigenvalue weighted by Crippen LogP contribution is 2.55. The Morgan fingerprint density at radius 2 is 1.85 bits per heavy atom. The summed E-state index contributed by atoms with van der Waals surface area (Å²) in [5, 5.41) is 9.83. The molecule has 1 N–H and O–H groups in total. The Kier molecular flexibility index (Phi) is 4.00. The zero-order valence-electron chi connectivity index (χ0n) is 15.6. The van der Waals surface area contributed by atoms with Crippen molar-refractivity contribution in [2.45, 2.75) is 57.0 Å². The van der Waals surface area contributed by atoms with Gasteiger partial charge in [0, 0.05) is 11.6 Å². The van der Waals surface area contributed by atoms with Gasteiger partial charge in [-0.2, -0.15) is 5.10 Å². The molecule has 0 aliphatic heterocycles. The number of carbonyl (C=O) groups excluding carboxylic acids is 1. The molecule has 0 radical (unpaired) electrons. The standard InChI is InChI=1S/C21H25N3O2S/c1-13(24-19(25)5-4-17(23-24)18-3-2-6-27-18)20(26)22-21-10-14-7-15(11-21)9-16(8-14)12-21/h2-6,13-16H,7-12H2,1H3,(H,22,26). The molecule has 0 saturated heterocycles. The number of hydrogen-bond acceptors (Lipinski definition) is 4. The first-order valence-corrected chi connectivity index (χ1v) is 10.9. The molecular formula is C21H25N3O2S. The van der Waals surface area contributed by atoms with Gasteiger partial charge in [0.05, 0.1) is 4.88 Å². The van der Waals surface area contributed by atoms with E-state index < -0.39 is 6.04 Å². The molecule has 4 fully saturated rings. The van der Waals surface area contributed by atoms with Crippen LogP contribution in [0.25, 0.3) is 10.6 Å². The van der Waals surface area contributed by atoms with Gasteiger partial charge in [-0.25, -0.2) is 4.68 Å². The van der Waals surface area contributed by atoms with Crippen molar-refractivity contribution in [2.75, 3.05) is 0 Å². The van der Waals surface area contributed by atoms with E-state index in [2.05, 4.69) is 10.4 Å². The monoisotopic (exact) mass is 383 g/mol. The van der Waals surface area contributed by atoms with E-state index in [9.17, 15) is 9.59 Å². The van der Waals surface area contributed by atoms with Gasteiger partial charge in [-0.05, 0) is 80.7 Å². The molecular weight excluding hydrogens is 358 g/mol. The van der Waals surface area contributed by atoms with Gasteiger partial charge in [-0.15, -0.1) is 11.3 Å². The molecule has 6 rings (SSSR count). The lowest BCUT2D eigenvalue weighted by Gasteiger charge is -2.57. The molecule has 5 nitrogen and oxygen atoms in total. The average Bonchev–Trinajstić information content (AvgIpc) is 3.14. The molecule has 1 atom stereocenters. The maximum Gasteiger partial charge on any atom is 0.267 e. The van der Waals surface area contributed by atoms with Gasteiger partial charge in [-0.3, -0.25) is 9.59 Å². The lowest BCUT2D eigenvalue weighted by atomic mass is 9.53. The van der Waals surface area contributed by atoms with Crippen molar-refractivity contribution in [2.24, 2.45) is 17.8 Å². The van der Waals surface area contributed by atoms with Crippen LogP contribution in [0.4, 0.5) is 0 Å². The smallest absolute Gasteiger partial charge is 0.267 e. The molecule has 4 aliphatic rings. The number of amides is 1. The predicted octanol–water partition coefficient (Wildman–Crippen LogP) is 3.62.